The summed E-state index contributed by atoms with van der Waals surface area (Å²) in [5, 5.41) is 11.7. The van der Waals surface area contributed by atoms with Crippen molar-refractivity contribution in [1.82, 2.24) is 0 Å². The highest BCUT2D eigenvalue weighted by Gasteiger charge is 2.36. The van der Waals surface area contributed by atoms with Crippen molar-refractivity contribution in [3.8, 4) is 11.5 Å². The first-order valence-corrected chi connectivity index (χ1v) is 15.7. The first kappa shape index (κ1) is 32.7. The molecule has 7 nitrogen and oxygen atoms in total. The van der Waals surface area contributed by atoms with Gasteiger partial charge in [0.2, 0.25) is 0 Å². The van der Waals surface area contributed by atoms with Gasteiger partial charge in [0.25, 0.3) is 0 Å². The highest BCUT2D eigenvalue weighted by molar-refractivity contribution is 5.89. The first-order chi connectivity index (χ1) is 19.7. The number of phenols is 1. The molecule has 1 aromatic rings. The molecule has 2 aliphatic carbocycles. The van der Waals surface area contributed by atoms with Crippen LogP contribution in [0.5, 0.6) is 11.5 Å². The van der Waals surface area contributed by atoms with Gasteiger partial charge in [0.05, 0.1) is 12.2 Å². The van der Waals surface area contributed by atoms with E-state index in [4.69, 9.17) is 20.9 Å². The van der Waals surface area contributed by atoms with Crippen molar-refractivity contribution >= 4 is 11.7 Å². The monoisotopic (exact) mass is 567 g/mol. The van der Waals surface area contributed by atoms with Crippen LogP contribution in [0.4, 0.5) is 0 Å². The molecule has 0 aliphatic heterocycles. The van der Waals surface area contributed by atoms with Gasteiger partial charge in [-0.1, -0.05) is 57.9 Å². The van der Waals surface area contributed by atoms with Crippen molar-refractivity contribution in [3.05, 3.63) is 47.6 Å². The van der Waals surface area contributed by atoms with E-state index in [1.54, 1.807) is 13.2 Å². The molecular weight excluding hydrogens is 514 g/mol. The minimum atomic E-state index is -0.0878. The zero-order valence-electron chi connectivity index (χ0n) is 25.7. The lowest BCUT2D eigenvalue weighted by molar-refractivity contribution is -0.114. The SMILES string of the molecule is CCCC=CC(=O)CCc1cc(OC2CCCC2)c(O)c(C(CCC(C)C)C2CC(CN=C(N)N)C=CC2OC)c1. The summed E-state index contributed by atoms with van der Waals surface area (Å²) < 4.78 is 12.4. The summed E-state index contributed by atoms with van der Waals surface area (Å²) in [6, 6.07) is 4.07. The average Bonchev–Trinajstić information content (AvgIpc) is 3.46. The van der Waals surface area contributed by atoms with E-state index in [9.17, 15) is 9.90 Å². The maximum absolute atomic E-state index is 12.6. The molecule has 3 rings (SSSR count). The van der Waals surface area contributed by atoms with Crippen LogP contribution in [0.25, 0.3) is 0 Å². The number of phenolic OH excluding ortho intramolecular Hbond substituents is 1. The fourth-order valence-corrected chi connectivity index (χ4v) is 6.21. The van der Waals surface area contributed by atoms with Gasteiger partial charge in [-0.2, -0.15) is 0 Å². The molecule has 0 heterocycles. The fraction of sp³-hybridized carbons (Fsp3) is 0.647. The molecule has 4 unspecified atom stereocenters. The number of rotatable bonds is 16. The molecule has 0 amide bonds. The van der Waals surface area contributed by atoms with Gasteiger partial charge in [0.1, 0.15) is 0 Å². The van der Waals surface area contributed by atoms with Gasteiger partial charge in [0, 0.05) is 25.6 Å². The number of methoxy groups -OCH3 is 1. The number of aryl methyl sites for hydroxylation is 1. The number of hydrogen-bond donors (Lipinski definition) is 3. The predicted octanol–water partition coefficient (Wildman–Crippen LogP) is 6.57. The maximum atomic E-state index is 12.6. The number of aliphatic imine (C=N–C) groups is 1. The molecule has 1 saturated carbocycles. The lowest BCUT2D eigenvalue weighted by Gasteiger charge is -2.37. The van der Waals surface area contributed by atoms with Crippen molar-refractivity contribution in [2.24, 2.45) is 34.2 Å². The van der Waals surface area contributed by atoms with Gasteiger partial charge in [0.15, 0.2) is 23.2 Å². The number of carbonyl (C=O) groups is 1. The molecule has 2 aliphatic rings. The second kappa shape index (κ2) is 16.6. The molecule has 0 radical (unpaired) electrons. The Hall–Kier alpha value is -2.80. The topological polar surface area (TPSA) is 120 Å². The molecule has 5 N–H and O–H groups in total. The number of ether oxygens (including phenoxy) is 2. The van der Waals surface area contributed by atoms with Gasteiger partial charge in [-0.05, 0) is 92.7 Å². The number of carbonyl (C=O) groups excluding carboxylic acids is 1. The van der Waals surface area contributed by atoms with Crippen molar-refractivity contribution in [3.63, 3.8) is 0 Å². The largest absolute Gasteiger partial charge is 0.504 e. The van der Waals surface area contributed by atoms with Gasteiger partial charge in [-0.25, -0.2) is 0 Å². The van der Waals surface area contributed by atoms with Crippen LogP contribution in [0.2, 0.25) is 0 Å². The van der Waals surface area contributed by atoms with E-state index in [2.05, 4.69) is 44.0 Å². The van der Waals surface area contributed by atoms with E-state index in [-0.39, 0.29) is 47.5 Å². The van der Waals surface area contributed by atoms with Gasteiger partial charge < -0.3 is 26.0 Å². The number of ketones is 1. The summed E-state index contributed by atoms with van der Waals surface area (Å²) in [6.07, 6.45) is 18.0. The second-order valence-corrected chi connectivity index (χ2v) is 12.3. The minimum Gasteiger partial charge on any atom is -0.504 e. The molecule has 0 saturated heterocycles. The number of aromatic hydroxyl groups is 1. The Kier molecular flexibility index (Phi) is 13.2. The van der Waals surface area contributed by atoms with Crippen molar-refractivity contribution in [2.75, 3.05) is 13.7 Å². The van der Waals surface area contributed by atoms with E-state index in [1.807, 2.05) is 12.1 Å². The smallest absolute Gasteiger partial charge is 0.185 e. The molecule has 7 heteroatoms. The number of unbranched alkanes of at least 4 members (excludes halogenated alkanes) is 1. The van der Waals surface area contributed by atoms with Crippen LogP contribution in [0, 0.1) is 17.8 Å². The molecule has 0 bridgehead atoms. The van der Waals surface area contributed by atoms with E-state index >= 15 is 0 Å². The van der Waals surface area contributed by atoms with E-state index in [0.29, 0.717) is 31.1 Å². The normalized spacial score (nSPS) is 21.9. The summed E-state index contributed by atoms with van der Waals surface area (Å²) in [5.74, 6) is 1.87. The van der Waals surface area contributed by atoms with Crippen LogP contribution in [0.3, 0.4) is 0 Å². The molecule has 1 aromatic carbocycles. The third-order valence-corrected chi connectivity index (χ3v) is 8.50. The summed E-state index contributed by atoms with van der Waals surface area (Å²) >= 11 is 0. The molecule has 0 spiro atoms. The van der Waals surface area contributed by atoms with Crippen LogP contribution < -0.4 is 16.2 Å². The summed E-state index contributed by atoms with van der Waals surface area (Å²) in [4.78, 5) is 16.9. The Morgan fingerprint density at radius 2 is 1.93 bits per heavy atom. The highest BCUT2D eigenvalue weighted by atomic mass is 16.5. The van der Waals surface area contributed by atoms with Crippen molar-refractivity contribution < 1.29 is 19.4 Å². The molecule has 4 atom stereocenters. The average molecular weight is 568 g/mol. The summed E-state index contributed by atoms with van der Waals surface area (Å²) in [7, 11) is 1.75. The third kappa shape index (κ3) is 10.2. The predicted molar refractivity (Wildman–Crippen MR) is 167 cm³/mol. The fourth-order valence-electron chi connectivity index (χ4n) is 6.21. The van der Waals surface area contributed by atoms with Crippen LogP contribution >= 0.6 is 0 Å². The molecular formula is C34H53N3O4. The lowest BCUT2D eigenvalue weighted by Crippen LogP contribution is -2.33. The number of nitrogens with zero attached hydrogens (tertiary/aromatic N) is 1. The Balaban J connectivity index is 1.99. The van der Waals surface area contributed by atoms with E-state index < -0.39 is 0 Å². The maximum Gasteiger partial charge on any atom is 0.185 e. The Labute approximate surface area is 247 Å². The standard InChI is InChI=1S/C34H53N3O4/c1-5-6-7-10-26(38)16-14-24-19-30(33(39)32(21-24)41-27-11-8-9-12-27)28(17-13-23(2)3)29-20-25(22-37-34(35)36)15-18-31(29)40-4/h7,10,15,18-19,21,23,25,27-29,31,39H,5-6,8-9,11-14,16-17,20,22H2,1-4H3,(H4,35,36,37). The molecule has 228 valence electrons. The van der Waals surface area contributed by atoms with E-state index in [1.165, 1.54) is 0 Å². The second-order valence-electron chi connectivity index (χ2n) is 12.3. The van der Waals surface area contributed by atoms with Crippen molar-refractivity contribution in [2.45, 2.75) is 110 Å². The third-order valence-electron chi connectivity index (χ3n) is 8.50. The van der Waals surface area contributed by atoms with Gasteiger partial charge in [-0.3, -0.25) is 9.79 Å². The van der Waals surface area contributed by atoms with Crippen LogP contribution in [0.15, 0.2) is 41.4 Å². The van der Waals surface area contributed by atoms with Gasteiger partial charge in [-0.15, -0.1) is 0 Å². The van der Waals surface area contributed by atoms with Gasteiger partial charge >= 0.3 is 0 Å². The number of hydrogen-bond acceptors (Lipinski definition) is 5. The zero-order valence-corrected chi connectivity index (χ0v) is 25.7. The Morgan fingerprint density at radius 1 is 1.17 bits per heavy atom. The molecule has 0 aromatic heterocycles. The minimum absolute atomic E-state index is 0.0417. The van der Waals surface area contributed by atoms with Crippen LogP contribution in [0.1, 0.15) is 102 Å². The zero-order chi connectivity index (χ0) is 29.8. The number of nitrogens with two attached hydrogens (primary N) is 2. The molecule has 41 heavy (non-hydrogen) atoms. The van der Waals surface area contributed by atoms with Crippen LogP contribution in [-0.2, 0) is 16.0 Å². The van der Waals surface area contributed by atoms with Crippen molar-refractivity contribution in [1.29, 1.82) is 0 Å². The summed E-state index contributed by atoms with van der Waals surface area (Å²) in [5.41, 5.74) is 13.2. The number of guanidine groups is 1. The summed E-state index contributed by atoms with van der Waals surface area (Å²) in [6.45, 7) is 7.09. The lowest BCUT2D eigenvalue weighted by atomic mass is 9.71. The Bertz CT molecular complexity index is 1050. The van der Waals surface area contributed by atoms with E-state index in [0.717, 1.165) is 68.9 Å². The quantitative estimate of drug-likeness (QED) is 0.0899. The van der Waals surface area contributed by atoms with Crippen LogP contribution in [-0.4, -0.2) is 42.7 Å². The molecule has 1 fully saturated rings. The highest BCUT2D eigenvalue weighted by Crippen LogP contribution is 2.47. The Morgan fingerprint density at radius 3 is 2.59 bits per heavy atom. The first-order valence-electron chi connectivity index (χ1n) is 15.7. The number of benzene rings is 1. The number of allylic oxidation sites excluding steroid dienone is 2.